The van der Waals surface area contributed by atoms with Gasteiger partial charge in [0.15, 0.2) is 6.29 Å². The molecule has 2 N–H and O–H groups in total. The van der Waals surface area contributed by atoms with E-state index in [-0.39, 0.29) is 19.6 Å². The van der Waals surface area contributed by atoms with Gasteiger partial charge in [-0.25, -0.2) is 0 Å². The molecule has 2 amide bonds. The molecule has 1 aliphatic rings. The average Bonchev–Trinajstić information content (AvgIpc) is 3.28. The Balaban J connectivity index is 1.99. The number of imide groups is 1. The lowest BCUT2D eigenvalue weighted by Gasteiger charge is -2.28. The predicted molar refractivity (Wildman–Crippen MR) is 129 cm³/mol. The van der Waals surface area contributed by atoms with Crippen molar-refractivity contribution in [3.8, 4) is 11.3 Å². The Labute approximate surface area is 202 Å². The monoisotopic (exact) mass is 486 g/mol. The number of carbonyl (C=O) groups excluding carboxylic acids is 2. The first-order chi connectivity index (χ1) is 16.3. The largest absolute Gasteiger partial charge is 0.457 e. The number of hydrogen-bond acceptors (Lipinski definition) is 7. The Bertz CT molecular complexity index is 1160. The van der Waals surface area contributed by atoms with Crippen LogP contribution >= 0.6 is 11.6 Å². The first kappa shape index (κ1) is 25.6. The van der Waals surface area contributed by atoms with Crippen LogP contribution in [0.5, 0.6) is 0 Å². The van der Waals surface area contributed by atoms with Crippen molar-refractivity contribution in [1.29, 1.82) is 0 Å². The second-order valence-corrected chi connectivity index (χ2v) is 7.98. The Hall–Kier alpha value is -3.04. The number of benzene rings is 1. The molecule has 3 rings (SSSR count). The molecule has 0 fully saturated rings. The van der Waals surface area contributed by atoms with Gasteiger partial charge in [-0.3, -0.25) is 19.5 Å². The lowest BCUT2D eigenvalue weighted by atomic mass is 9.94. The van der Waals surface area contributed by atoms with Crippen LogP contribution in [-0.2, 0) is 14.3 Å². The molecule has 180 valence electrons. The van der Waals surface area contributed by atoms with Gasteiger partial charge in [0.2, 0.25) is 0 Å². The third kappa shape index (κ3) is 5.37. The summed E-state index contributed by atoms with van der Waals surface area (Å²) >= 11 is 6.20. The summed E-state index contributed by atoms with van der Waals surface area (Å²) in [6.45, 7) is 3.74. The first-order valence-corrected chi connectivity index (χ1v) is 11.2. The summed E-state index contributed by atoms with van der Waals surface area (Å²) < 4.78 is 11.2. The molecule has 1 aromatic carbocycles. The Morgan fingerprint density at radius 3 is 2.68 bits per heavy atom. The van der Waals surface area contributed by atoms with Gasteiger partial charge >= 0.3 is 0 Å². The molecule has 0 saturated carbocycles. The highest BCUT2D eigenvalue weighted by atomic mass is 35.5. The molecule has 0 radical (unpaired) electrons. The van der Waals surface area contributed by atoms with E-state index in [4.69, 9.17) is 25.9 Å². The van der Waals surface area contributed by atoms with Gasteiger partial charge in [0.25, 0.3) is 11.8 Å². The average molecular weight is 487 g/mol. The maximum atomic E-state index is 13.1. The lowest BCUT2D eigenvalue weighted by molar-refractivity contribution is -0.140. The third-order valence-electron chi connectivity index (χ3n) is 5.34. The van der Waals surface area contributed by atoms with Crippen molar-refractivity contribution in [3.63, 3.8) is 0 Å². The van der Waals surface area contributed by atoms with Crippen molar-refractivity contribution in [1.82, 2.24) is 4.90 Å². The van der Waals surface area contributed by atoms with Gasteiger partial charge in [0.05, 0.1) is 5.57 Å². The lowest BCUT2D eigenvalue weighted by Crippen LogP contribution is -2.44. The Morgan fingerprint density at radius 2 is 2.00 bits per heavy atom. The molecule has 2 aromatic rings. The maximum absolute atomic E-state index is 13.1. The number of furan rings is 1. The molecule has 0 aliphatic carbocycles. The highest BCUT2D eigenvalue weighted by Gasteiger charge is 2.34. The molecule has 8 nitrogen and oxygen atoms in total. The van der Waals surface area contributed by atoms with Gasteiger partial charge in [0, 0.05) is 54.7 Å². The zero-order valence-electron chi connectivity index (χ0n) is 19.2. The van der Waals surface area contributed by atoms with Gasteiger partial charge in [-0.15, -0.1) is 0 Å². The molecule has 0 saturated heterocycles. The predicted octanol–water partition coefficient (Wildman–Crippen LogP) is 3.78. The fourth-order valence-electron chi connectivity index (χ4n) is 3.59. The zero-order valence-corrected chi connectivity index (χ0v) is 20.0. The van der Waals surface area contributed by atoms with E-state index in [9.17, 15) is 14.7 Å². The molecular formula is C25H27ClN2O6. The van der Waals surface area contributed by atoms with Crippen LogP contribution in [-0.4, -0.2) is 59.9 Å². The minimum Gasteiger partial charge on any atom is -0.457 e. The van der Waals surface area contributed by atoms with Gasteiger partial charge < -0.3 is 19.4 Å². The molecule has 34 heavy (non-hydrogen) atoms. The molecule has 0 spiro atoms. The van der Waals surface area contributed by atoms with E-state index in [2.05, 4.69) is 4.99 Å². The summed E-state index contributed by atoms with van der Waals surface area (Å²) in [6.07, 6.45) is 2.12. The summed E-state index contributed by atoms with van der Waals surface area (Å²) in [5, 5.41) is 19.7. The highest BCUT2D eigenvalue weighted by Crippen LogP contribution is 2.32. The van der Waals surface area contributed by atoms with Crippen molar-refractivity contribution in [2.24, 2.45) is 4.99 Å². The number of halogens is 1. The van der Waals surface area contributed by atoms with Crippen LogP contribution in [0, 0.1) is 0 Å². The molecule has 2 heterocycles. The summed E-state index contributed by atoms with van der Waals surface area (Å²) in [5.41, 5.74) is 2.19. The van der Waals surface area contributed by atoms with Crippen molar-refractivity contribution >= 4 is 35.7 Å². The topological polar surface area (TPSA) is 113 Å². The van der Waals surface area contributed by atoms with E-state index < -0.39 is 18.1 Å². The molecule has 1 atom stereocenters. The molecule has 1 aromatic heterocycles. The van der Waals surface area contributed by atoms with E-state index in [0.29, 0.717) is 51.0 Å². The van der Waals surface area contributed by atoms with Crippen LogP contribution in [0.2, 0.25) is 5.02 Å². The van der Waals surface area contributed by atoms with Crippen molar-refractivity contribution in [3.05, 3.63) is 63.4 Å². The van der Waals surface area contributed by atoms with Gasteiger partial charge in [-0.2, -0.15) is 0 Å². The van der Waals surface area contributed by atoms with Crippen LogP contribution in [0.25, 0.3) is 17.4 Å². The van der Waals surface area contributed by atoms with Gasteiger partial charge in [-0.05, 0) is 62.2 Å². The fraction of sp³-hybridized carbons (Fsp3) is 0.320. The molecular weight excluding hydrogens is 460 g/mol. The summed E-state index contributed by atoms with van der Waals surface area (Å²) in [5.74, 6) is 0.00173. The number of aliphatic hydroxyl groups is 2. The number of rotatable bonds is 9. The van der Waals surface area contributed by atoms with Crippen LogP contribution in [0.1, 0.15) is 37.9 Å². The first-order valence-electron chi connectivity index (χ1n) is 10.8. The van der Waals surface area contributed by atoms with Crippen LogP contribution in [0.15, 0.2) is 56.5 Å². The number of aliphatic imine (C=N–C) groups is 1. The van der Waals surface area contributed by atoms with Crippen molar-refractivity contribution in [2.45, 2.75) is 26.6 Å². The third-order valence-corrected chi connectivity index (χ3v) is 5.69. The number of aliphatic hydroxyl groups excluding tert-OH is 2. The second-order valence-electron chi connectivity index (χ2n) is 7.57. The second kappa shape index (κ2) is 11.4. The number of nitrogens with zero attached hydrogens (tertiary/aromatic N) is 2. The number of ether oxygens (including phenoxy) is 1. The van der Waals surface area contributed by atoms with E-state index in [0.717, 1.165) is 4.90 Å². The van der Waals surface area contributed by atoms with Crippen molar-refractivity contribution < 1.29 is 29.0 Å². The van der Waals surface area contributed by atoms with Crippen LogP contribution in [0.4, 0.5) is 0 Å². The quantitative estimate of drug-likeness (QED) is 0.241. The smallest absolute Gasteiger partial charge is 0.262 e. The van der Waals surface area contributed by atoms with E-state index in [1.165, 1.54) is 6.21 Å². The molecule has 9 heteroatoms. The zero-order chi connectivity index (χ0) is 24.8. The van der Waals surface area contributed by atoms with E-state index in [1.807, 2.05) is 0 Å². The number of hydrogen-bond donors (Lipinski definition) is 2. The number of carbonyl (C=O) groups is 2. The summed E-state index contributed by atoms with van der Waals surface area (Å²) in [4.78, 5) is 30.9. The minimum atomic E-state index is -1.16. The maximum Gasteiger partial charge on any atom is 0.262 e. The molecule has 1 aliphatic heterocycles. The Kier molecular flexibility index (Phi) is 8.57. The molecule has 1 unspecified atom stereocenters. The fourth-order valence-corrected chi connectivity index (χ4v) is 3.80. The van der Waals surface area contributed by atoms with Crippen LogP contribution < -0.4 is 0 Å². The summed E-state index contributed by atoms with van der Waals surface area (Å²) in [7, 11) is 1.55. The molecule has 0 bridgehead atoms. The Morgan fingerprint density at radius 1 is 1.24 bits per heavy atom. The van der Waals surface area contributed by atoms with Crippen molar-refractivity contribution in [2.75, 3.05) is 26.8 Å². The van der Waals surface area contributed by atoms with Gasteiger partial charge in [0.1, 0.15) is 11.5 Å². The SMILES string of the molecule is CCOC(O)c1cc(-c2ccc(/C=C3\C(=O)N(CCCO)C(=O)C(C=NC)=C3C)o2)ccc1Cl. The van der Waals surface area contributed by atoms with Crippen LogP contribution in [0.3, 0.4) is 0 Å². The summed E-state index contributed by atoms with van der Waals surface area (Å²) in [6, 6.07) is 8.52. The van der Waals surface area contributed by atoms with E-state index >= 15 is 0 Å². The normalized spacial score (nSPS) is 16.9. The number of amides is 2. The minimum absolute atomic E-state index is 0.0962. The van der Waals surface area contributed by atoms with Gasteiger partial charge in [-0.1, -0.05) is 11.6 Å². The van der Waals surface area contributed by atoms with E-state index in [1.54, 1.807) is 57.3 Å². The standard InChI is InChI=1S/C25H27ClN2O6/c1-4-33-25(32)19-12-16(6-8-21(19)26)22-9-7-17(34-22)13-18-15(2)20(14-27-3)24(31)28(23(18)30)10-5-11-29/h6-9,12-14,25,29,32H,4-5,10-11H2,1-3H3/b18-13-,27-14?. The highest BCUT2D eigenvalue weighted by molar-refractivity contribution is 6.31.